The van der Waals surface area contributed by atoms with E-state index in [2.05, 4.69) is 15.9 Å². The molecule has 2 aromatic rings. The minimum Gasteiger partial charge on any atom is -0.497 e. The Bertz CT molecular complexity index is 954. The lowest BCUT2D eigenvalue weighted by atomic mass is 10.1. The Hall–Kier alpha value is -1.90. The molecule has 0 spiro atoms. The molecule has 3 rings (SSSR count). The Balaban J connectivity index is 1.70. The van der Waals surface area contributed by atoms with Crippen LogP contribution in [0.2, 0.25) is 0 Å². The fourth-order valence-electron chi connectivity index (χ4n) is 3.00. The van der Waals surface area contributed by atoms with Crippen LogP contribution in [0.3, 0.4) is 0 Å². The first kappa shape index (κ1) is 19.9. The minimum absolute atomic E-state index is 0.120. The number of hydrogen-bond acceptors (Lipinski definition) is 4. The summed E-state index contributed by atoms with van der Waals surface area (Å²) in [7, 11) is -2.02. The van der Waals surface area contributed by atoms with E-state index in [9.17, 15) is 13.2 Å². The van der Waals surface area contributed by atoms with Crippen molar-refractivity contribution in [2.45, 2.75) is 11.8 Å². The highest BCUT2D eigenvalue weighted by atomic mass is 79.9. The summed E-state index contributed by atoms with van der Waals surface area (Å²) >= 11 is 3.39. The van der Waals surface area contributed by atoms with Crippen molar-refractivity contribution in [2.75, 3.05) is 33.3 Å². The highest BCUT2D eigenvalue weighted by Crippen LogP contribution is 2.24. The average molecular weight is 453 g/mol. The van der Waals surface area contributed by atoms with Gasteiger partial charge in [-0.25, -0.2) is 8.42 Å². The molecule has 27 heavy (non-hydrogen) atoms. The van der Waals surface area contributed by atoms with Crippen LogP contribution in [0.1, 0.15) is 15.9 Å². The van der Waals surface area contributed by atoms with E-state index in [1.807, 2.05) is 6.92 Å². The fraction of sp³-hybridized carbons (Fsp3) is 0.316. The quantitative estimate of drug-likeness (QED) is 0.714. The predicted octanol–water partition coefficient (Wildman–Crippen LogP) is 2.91. The van der Waals surface area contributed by atoms with Gasteiger partial charge >= 0.3 is 0 Å². The molecule has 0 bridgehead atoms. The molecule has 0 unspecified atom stereocenters. The van der Waals surface area contributed by atoms with Gasteiger partial charge in [0.15, 0.2) is 0 Å². The average Bonchev–Trinajstić information content (AvgIpc) is 2.69. The van der Waals surface area contributed by atoms with Crippen LogP contribution in [-0.4, -0.2) is 56.8 Å². The van der Waals surface area contributed by atoms with Gasteiger partial charge in [-0.15, -0.1) is 0 Å². The summed E-state index contributed by atoms with van der Waals surface area (Å²) < 4.78 is 33.2. The van der Waals surface area contributed by atoms with Gasteiger partial charge < -0.3 is 9.64 Å². The van der Waals surface area contributed by atoms with Gasteiger partial charge in [0.1, 0.15) is 5.75 Å². The summed E-state index contributed by atoms with van der Waals surface area (Å²) in [4.78, 5) is 14.6. The maximum Gasteiger partial charge on any atom is 0.254 e. The fourth-order valence-corrected chi connectivity index (χ4v) is 4.75. The molecule has 0 atom stereocenters. The van der Waals surface area contributed by atoms with Gasteiger partial charge in [0, 0.05) is 36.2 Å². The molecule has 1 saturated heterocycles. The number of aryl methyl sites for hydroxylation is 1. The van der Waals surface area contributed by atoms with Crippen LogP contribution in [0.4, 0.5) is 0 Å². The topological polar surface area (TPSA) is 66.9 Å². The van der Waals surface area contributed by atoms with Gasteiger partial charge in [0.25, 0.3) is 5.91 Å². The van der Waals surface area contributed by atoms with Crippen molar-refractivity contribution in [2.24, 2.45) is 0 Å². The zero-order valence-corrected chi connectivity index (χ0v) is 17.6. The van der Waals surface area contributed by atoms with Gasteiger partial charge in [0.2, 0.25) is 10.0 Å². The third-order valence-electron chi connectivity index (χ3n) is 4.61. The first-order chi connectivity index (χ1) is 12.8. The number of benzene rings is 2. The lowest BCUT2D eigenvalue weighted by Crippen LogP contribution is -2.50. The van der Waals surface area contributed by atoms with Gasteiger partial charge in [0.05, 0.1) is 12.0 Å². The number of halogens is 1. The van der Waals surface area contributed by atoms with Gasteiger partial charge in [-0.1, -0.05) is 22.0 Å². The number of nitrogens with zero attached hydrogens (tertiary/aromatic N) is 2. The molecule has 0 saturated carbocycles. The third-order valence-corrected chi connectivity index (χ3v) is 7.39. The van der Waals surface area contributed by atoms with Gasteiger partial charge in [-0.2, -0.15) is 4.31 Å². The Morgan fingerprint density at radius 2 is 1.78 bits per heavy atom. The number of methoxy groups -OCH3 is 1. The Kier molecular flexibility index (Phi) is 5.88. The van der Waals surface area contributed by atoms with Gasteiger partial charge in [-0.05, 0) is 48.9 Å². The highest BCUT2D eigenvalue weighted by molar-refractivity contribution is 9.10. The van der Waals surface area contributed by atoms with Crippen molar-refractivity contribution in [3.05, 3.63) is 58.1 Å². The summed E-state index contributed by atoms with van der Waals surface area (Å²) in [6, 6.07) is 12.0. The summed E-state index contributed by atoms with van der Waals surface area (Å²) in [5.74, 6) is 0.498. The van der Waals surface area contributed by atoms with E-state index in [1.165, 1.54) is 4.31 Å². The first-order valence-corrected chi connectivity index (χ1v) is 10.8. The van der Waals surface area contributed by atoms with Crippen LogP contribution in [0.15, 0.2) is 51.8 Å². The SMILES string of the molecule is COc1cccc(C(=O)N2CCN(S(=O)(=O)c3ccc(Br)c(C)c3)CC2)c1. The molecule has 0 radical (unpaired) electrons. The molecule has 144 valence electrons. The molecule has 2 aromatic carbocycles. The van der Waals surface area contributed by atoms with Crippen LogP contribution in [0.25, 0.3) is 0 Å². The first-order valence-electron chi connectivity index (χ1n) is 8.52. The smallest absolute Gasteiger partial charge is 0.254 e. The number of carbonyl (C=O) groups is 1. The zero-order chi connectivity index (χ0) is 19.6. The molecular weight excluding hydrogens is 432 g/mol. The molecule has 1 heterocycles. The molecule has 0 aliphatic carbocycles. The molecule has 1 fully saturated rings. The van der Waals surface area contributed by atoms with Gasteiger partial charge in [-0.3, -0.25) is 4.79 Å². The number of hydrogen-bond donors (Lipinski definition) is 0. The van der Waals surface area contributed by atoms with E-state index >= 15 is 0 Å². The number of amides is 1. The number of piperazine rings is 1. The second-order valence-corrected chi connectivity index (χ2v) is 9.13. The molecule has 6 nitrogen and oxygen atoms in total. The maximum absolute atomic E-state index is 12.9. The van der Waals surface area contributed by atoms with Crippen molar-refractivity contribution >= 4 is 31.9 Å². The van der Waals surface area contributed by atoms with E-state index in [0.717, 1.165) is 10.0 Å². The standard InChI is InChI=1S/C19H21BrN2O4S/c1-14-12-17(6-7-18(14)20)27(24,25)22-10-8-21(9-11-22)19(23)15-4-3-5-16(13-15)26-2/h3-7,12-13H,8-11H2,1-2H3. The van der Waals surface area contributed by atoms with Crippen LogP contribution in [0, 0.1) is 6.92 Å². The minimum atomic E-state index is -3.57. The number of rotatable bonds is 4. The van der Waals surface area contributed by atoms with Crippen molar-refractivity contribution < 1.29 is 17.9 Å². The molecule has 8 heteroatoms. The van der Waals surface area contributed by atoms with E-state index in [0.29, 0.717) is 24.4 Å². The Morgan fingerprint density at radius 1 is 1.07 bits per heavy atom. The van der Waals surface area contributed by atoms with Crippen LogP contribution >= 0.6 is 15.9 Å². The van der Waals surface area contributed by atoms with E-state index in [-0.39, 0.29) is 23.9 Å². The Labute approximate surface area is 167 Å². The normalized spacial score (nSPS) is 15.6. The van der Waals surface area contributed by atoms with E-state index in [4.69, 9.17) is 4.74 Å². The van der Waals surface area contributed by atoms with Crippen LogP contribution in [0.5, 0.6) is 5.75 Å². The van der Waals surface area contributed by atoms with Crippen LogP contribution in [-0.2, 0) is 10.0 Å². The van der Waals surface area contributed by atoms with Crippen molar-refractivity contribution in [3.8, 4) is 5.75 Å². The lowest BCUT2D eigenvalue weighted by molar-refractivity contribution is 0.0697. The summed E-state index contributed by atoms with van der Waals surface area (Å²) in [6.07, 6.45) is 0. The van der Waals surface area contributed by atoms with Crippen molar-refractivity contribution in [3.63, 3.8) is 0 Å². The zero-order valence-electron chi connectivity index (χ0n) is 15.2. The third kappa shape index (κ3) is 4.17. The monoisotopic (exact) mass is 452 g/mol. The lowest BCUT2D eigenvalue weighted by Gasteiger charge is -2.34. The number of ether oxygens (including phenoxy) is 1. The maximum atomic E-state index is 12.9. The second kappa shape index (κ2) is 8.00. The predicted molar refractivity (Wildman–Crippen MR) is 107 cm³/mol. The molecule has 0 N–H and O–H groups in total. The summed E-state index contributed by atoms with van der Waals surface area (Å²) in [5, 5.41) is 0. The van der Waals surface area contributed by atoms with E-state index < -0.39 is 10.0 Å². The van der Waals surface area contributed by atoms with E-state index in [1.54, 1.807) is 54.5 Å². The second-order valence-electron chi connectivity index (χ2n) is 6.34. The van der Waals surface area contributed by atoms with Crippen molar-refractivity contribution in [1.82, 2.24) is 9.21 Å². The number of carbonyl (C=O) groups excluding carboxylic acids is 1. The molecular formula is C19H21BrN2O4S. The molecule has 1 aliphatic heterocycles. The summed E-state index contributed by atoms with van der Waals surface area (Å²) in [5.41, 5.74) is 1.40. The summed E-state index contributed by atoms with van der Waals surface area (Å²) in [6.45, 7) is 3.10. The van der Waals surface area contributed by atoms with Crippen LogP contribution < -0.4 is 4.74 Å². The molecule has 1 aliphatic rings. The van der Waals surface area contributed by atoms with Crippen molar-refractivity contribution in [1.29, 1.82) is 0 Å². The largest absolute Gasteiger partial charge is 0.497 e. The molecule has 1 amide bonds. The Morgan fingerprint density at radius 3 is 2.41 bits per heavy atom. The molecule has 0 aromatic heterocycles. The highest BCUT2D eigenvalue weighted by Gasteiger charge is 2.30. The number of sulfonamides is 1.